The summed E-state index contributed by atoms with van der Waals surface area (Å²) >= 11 is 0. The van der Waals surface area contributed by atoms with Gasteiger partial charge in [-0.1, -0.05) is 30.3 Å². The van der Waals surface area contributed by atoms with E-state index in [0.717, 1.165) is 5.56 Å². The van der Waals surface area contributed by atoms with E-state index in [-0.39, 0.29) is 5.97 Å². The molecule has 0 bridgehead atoms. The first kappa shape index (κ1) is 10.7. The van der Waals surface area contributed by atoms with Crippen LogP contribution in [0.1, 0.15) is 12.5 Å². The van der Waals surface area contributed by atoms with E-state index in [0.29, 0.717) is 0 Å². The van der Waals surface area contributed by atoms with Gasteiger partial charge in [0, 0.05) is 0 Å². The normalized spacial score (nSPS) is 27.5. The Kier molecular flexibility index (Phi) is 2.64. The molecule has 0 aliphatic carbocycles. The molecule has 2 atom stereocenters. The summed E-state index contributed by atoms with van der Waals surface area (Å²) in [4.78, 5) is 15.6. The number of ether oxygens (including phenoxy) is 2. The molecule has 1 heterocycles. The molecule has 4 heteroatoms. The number of esters is 1. The van der Waals surface area contributed by atoms with Crippen LogP contribution in [0, 0.1) is 0 Å². The van der Waals surface area contributed by atoms with E-state index in [4.69, 9.17) is 9.47 Å². The summed E-state index contributed by atoms with van der Waals surface area (Å²) in [5.74, 6) is -0.389. The van der Waals surface area contributed by atoms with Crippen molar-refractivity contribution in [2.75, 3.05) is 7.11 Å². The Balaban J connectivity index is 2.35. The van der Waals surface area contributed by atoms with Crippen molar-refractivity contribution < 1.29 is 14.3 Å². The molecule has 0 amide bonds. The maximum absolute atomic E-state index is 11.6. The lowest BCUT2D eigenvalue weighted by molar-refractivity contribution is -0.146. The largest absolute Gasteiger partial charge is 0.470 e. The molecule has 2 rings (SSSR count). The molecule has 0 N–H and O–H groups in total. The summed E-state index contributed by atoms with van der Waals surface area (Å²) < 4.78 is 10.2. The highest BCUT2D eigenvalue weighted by Gasteiger charge is 2.46. The molecule has 0 radical (unpaired) electrons. The number of nitrogens with zero attached hydrogens (tertiary/aromatic N) is 1. The summed E-state index contributed by atoms with van der Waals surface area (Å²) in [6, 6.07) is 8.89. The van der Waals surface area contributed by atoms with Gasteiger partial charge in [0.2, 0.25) is 0 Å². The molecule has 4 nitrogen and oxygen atoms in total. The van der Waals surface area contributed by atoms with Crippen LogP contribution in [0.15, 0.2) is 35.3 Å². The zero-order chi connectivity index (χ0) is 11.6. The molecular weight excluding hydrogens is 206 g/mol. The topological polar surface area (TPSA) is 47.9 Å². The van der Waals surface area contributed by atoms with Crippen molar-refractivity contribution in [1.82, 2.24) is 0 Å². The number of rotatable bonds is 2. The van der Waals surface area contributed by atoms with Crippen molar-refractivity contribution in [2.45, 2.75) is 18.6 Å². The van der Waals surface area contributed by atoms with Crippen molar-refractivity contribution in [3.63, 3.8) is 0 Å². The Labute approximate surface area is 93.9 Å². The van der Waals surface area contributed by atoms with Gasteiger partial charge >= 0.3 is 5.97 Å². The number of benzene rings is 1. The number of carbonyl (C=O) groups is 1. The number of carbonyl (C=O) groups excluding carboxylic acids is 1. The van der Waals surface area contributed by atoms with Crippen LogP contribution in [-0.2, 0) is 19.9 Å². The van der Waals surface area contributed by atoms with Crippen LogP contribution in [0.2, 0.25) is 0 Å². The molecule has 1 aliphatic heterocycles. The van der Waals surface area contributed by atoms with Gasteiger partial charge in [-0.2, -0.15) is 0 Å². The molecule has 0 saturated carbocycles. The average molecular weight is 219 g/mol. The van der Waals surface area contributed by atoms with Gasteiger partial charge in [0.15, 0.2) is 18.0 Å². The molecule has 1 aliphatic rings. The van der Waals surface area contributed by atoms with E-state index in [9.17, 15) is 4.79 Å². The predicted octanol–water partition coefficient (Wildman–Crippen LogP) is 1.50. The summed E-state index contributed by atoms with van der Waals surface area (Å²) in [6.07, 6.45) is 1.31. The van der Waals surface area contributed by atoms with Crippen molar-refractivity contribution in [1.29, 1.82) is 0 Å². The maximum atomic E-state index is 11.6. The molecule has 2 unspecified atom stereocenters. The molecule has 0 saturated heterocycles. The van der Waals surface area contributed by atoms with Crippen LogP contribution in [-0.4, -0.2) is 25.5 Å². The lowest BCUT2D eigenvalue weighted by Crippen LogP contribution is -2.39. The van der Waals surface area contributed by atoms with Crippen molar-refractivity contribution in [3.8, 4) is 0 Å². The quantitative estimate of drug-likeness (QED) is 0.708. The van der Waals surface area contributed by atoms with Gasteiger partial charge in [0.1, 0.15) is 0 Å². The van der Waals surface area contributed by atoms with E-state index < -0.39 is 11.6 Å². The lowest BCUT2D eigenvalue weighted by Gasteiger charge is -2.27. The fourth-order valence-electron chi connectivity index (χ4n) is 1.80. The van der Waals surface area contributed by atoms with Gasteiger partial charge in [-0.3, -0.25) is 0 Å². The Morgan fingerprint density at radius 1 is 1.44 bits per heavy atom. The average Bonchev–Trinajstić information content (AvgIpc) is 2.73. The van der Waals surface area contributed by atoms with Gasteiger partial charge in [0.25, 0.3) is 0 Å². The van der Waals surface area contributed by atoms with Crippen LogP contribution in [0.3, 0.4) is 0 Å². The highest BCUT2D eigenvalue weighted by molar-refractivity contribution is 5.81. The summed E-state index contributed by atoms with van der Waals surface area (Å²) in [5.41, 5.74) is 0.136. The zero-order valence-electron chi connectivity index (χ0n) is 9.21. The predicted molar refractivity (Wildman–Crippen MR) is 59.2 cm³/mol. The van der Waals surface area contributed by atoms with Gasteiger partial charge in [-0.15, -0.1) is 0 Å². The third-order valence-electron chi connectivity index (χ3n) is 2.80. The first-order valence-corrected chi connectivity index (χ1v) is 5.01. The standard InChI is InChI=1S/C12H13NO3/c1-12(9-6-4-3-5-7-9)10(11(14)15-2)13-8-16-12/h3-8,10H,1-2H3. The van der Waals surface area contributed by atoms with Crippen LogP contribution in [0.5, 0.6) is 0 Å². The lowest BCUT2D eigenvalue weighted by atomic mass is 9.89. The van der Waals surface area contributed by atoms with Crippen LogP contribution < -0.4 is 0 Å². The first-order valence-electron chi connectivity index (χ1n) is 5.01. The smallest absolute Gasteiger partial charge is 0.335 e. The van der Waals surface area contributed by atoms with Gasteiger partial charge < -0.3 is 9.47 Å². The number of aliphatic imine (C=N–C) groups is 1. The van der Waals surface area contributed by atoms with Gasteiger partial charge in [0.05, 0.1) is 7.11 Å². The molecule has 16 heavy (non-hydrogen) atoms. The third kappa shape index (κ3) is 1.56. The van der Waals surface area contributed by atoms with Gasteiger partial charge in [-0.05, 0) is 12.5 Å². The number of methoxy groups -OCH3 is 1. The Morgan fingerprint density at radius 3 is 2.75 bits per heavy atom. The van der Waals surface area contributed by atoms with E-state index >= 15 is 0 Å². The fourth-order valence-corrected chi connectivity index (χ4v) is 1.80. The maximum Gasteiger partial charge on any atom is 0.335 e. The molecule has 1 aromatic carbocycles. The van der Waals surface area contributed by atoms with E-state index in [1.54, 1.807) is 0 Å². The van der Waals surface area contributed by atoms with Crippen molar-refractivity contribution >= 4 is 12.4 Å². The fraction of sp³-hybridized carbons (Fsp3) is 0.333. The minimum atomic E-state index is -0.769. The van der Waals surface area contributed by atoms with Crippen LogP contribution >= 0.6 is 0 Å². The second kappa shape index (κ2) is 3.96. The van der Waals surface area contributed by atoms with E-state index in [2.05, 4.69) is 4.99 Å². The number of hydrogen-bond donors (Lipinski definition) is 0. The second-order valence-corrected chi connectivity index (χ2v) is 3.77. The summed E-state index contributed by atoms with van der Waals surface area (Å²) in [7, 11) is 1.35. The van der Waals surface area contributed by atoms with Crippen molar-refractivity contribution in [2.24, 2.45) is 4.99 Å². The SMILES string of the molecule is COC(=O)C1N=COC1(C)c1ccccc1. The molecule has 0 fully saturated rings. The monoisotopic (exact) mass is 219 g/mol. The first-order chi connectivity index (χ1) is 7.68. The Morgan fingerprint density at radius 2 is 2.12 bits per heavy atom. The van der Waals surface area contributed by atoms with Crippen LogP contribution in [0.4, 0.5) is 0 Å². The zero-order valence-corrected chi connectivity index (χ0v) is 9.21. The molecule has 0 aromatic heterocycles. The second-order valence-electron chi connectivity index (χ2n) is 3.77. The molecule has 0 spiro atoms. The minimum Gasteiger partial charge on any atom is -0.470 e. The highest BCUT2D eigenvalue weighted by atomic mass is 16.5. The Hall–Kier alpha value is -1.84. The van der Waals surface area contributed by atoms with E-state index in [1.165, 1.54) is 13.5 Å². The minimum absolute atomic E-state index is 0.389. The third-order valence-corrected chi connectivity index (χ3v) is 2.80. The molecule has 1 aromatic rings. The molecular formula is C12H13NO3. The Bertz CT molecular complexity index is 416. The summed E-state index contributed by atoms with van der Waals surface area (Å²) in [5, 5.41) is 0. The molecule has 84 valence electrons. The highest BCUT2D eigenvalue weighted by Crippen LogP contribution is 2.34. The van der Waals surface area contributed by atoms with Crippen LogP contribution in [0.25, 0.3) is 0 Å². The number of hydrogen-bond acceptors (Lipinski definition) is 4. The van der Waals surface area contributed by atoms with Gasteiger partial charge in [-0.25, -0.2) is 9.79 Å². The van der Waals surface area contributed by atoms with E-state index in [1.807, 2.05) is 37.3 Å². The summed E-state index contributed by atoms with van der Waals surface area (Å²) in [6.45, 7) is 1.83. The van der Waals surface area contributed by atoms with Crippen molar-refractivity contribution in [3.05, 3.63) is 35.9 Å².